The molecule has 0 bridgehead atoms. The van der Waals surface area contributed by atoms with Gasteiger partial charge in [0.25, 0.3) is 5.91 Å². The van der Waals surface area contributed by atoms with Crippen LogP contribution in [0.5, 0.6) is 0 Å². The number of nitrogens with one attached hydrogen (secondary N) is 1. The van der Waals surface area contributed by atoms with E-state index in [9.17, 15) is 18.0 Å². The molecule has 1 amide bonds. The van der Waals surface area contributed by atoms with Crippen LogP contribution in [0.15, 0.2) is 42.6 Å². The Kier molecular flexibility index (Phi) is 5.13. The number of rotatable bonds is 3. The van der Waals surface area contributed by atoms with Crippen LogP contribution in [0.1, 0.15) is 15.9 Å². The molecule has 1 aromatic carbocycles. The fourth-order valence-electron chi connectivity index (χ4n) is 2.78. The lowest BCUT2D eigenvalue weighted by Gasteiger charge is -2.33. The summed E-state index contributed by atoms with van der Waals surface area (Å²) in [4.78, 5) is 20.9. The average molecular weight is 364 g/mol. The molecule has 138 valence electrons. The minimum absolute atomic E-state index is 0.208. The second kappa shape index (κ2) is 7.33. The van der Waals surface area contributed by atoms with Gasteiger partial charge in [0, 0.05) is 32.4 Å². The van der Waals surface area contributed by atoms with E-state index >= 15 is 0 Å². The molecule has 1 saturated heterocycles. The SMILES string of the molecule is CN1CCN(c2ccc(C(=O)Nc3ccccc3C(F)(F)F)cn2)CC1. The molecule has 2 heterocycles. The number of alkyl halides is 3. The summed E-state index contributed by atoms with van der Waals surface area (Å²) in [6.07, 6.45) is -3.15. The topological polar surface area (TPSA) is 48.5 Å². The largest absolute Gasteiger partial charge is 0.418 e. The van der Waals surface area contributed by atoms with E-state index in [2.05, 4.69) is 27.1 Å². The van der Waals surface area contributed by atoms with Gasteiger partial charge < -0.3 is 15.1 Å². The number of nitrogens with zero attached hydrogens (tertiary/aromatic N) is 3. The Morgan fingerprint density at radius 2 is 1.77 bits per heavy atom. The van der Waals surface area contributed by atoms with Gasteiger partial charge in [-0.25, -0.2) is 4.98 Å². The van der Waals surface area contributed by atoms with Crippen LogP contribution in [0.2, 0.25) is 0 Å². The van der Waals surface area contributed by atoms with Gasteiger partial charge in [-0.3, -0.25) is 4.79 Å². The predicted octanol–water partition coefficient (Wildman–Crippen LogP) is 3.10. The highest BCUT2D eigenvalue weighted by Crippen LogP contribution is 2.34. The van der Waals surface area contributed by atoms with Crippen molar-refractivity contribution in [2.75, 3.05) is 43.4 Å². The van der Waals surface area contributed by atoms with E-state index in [1.165, 1.54) is 24.4 Å². The van der Waals surface area contributed by atoms with Gasteiger partial charge in [0.15, 0.2) is 0 Å². The van der Waals surface area contributed by atoms with Crippen molar-refractivity contribution in [3.05, 3.63) is 53.7 Å². The zero-order valence-electron chi connectivity index (χ0n) is 14.3. The van der Waals surface area contributed by atoms with Crippen LogP contribution >= 0.6 is 0 Å². The van der Waals surface area contributed by atoms with Crippen molar-refractivity contribution in [1.29, 1.82) is 0 Å². The number of hydrogen-bond donors (Lipinski definition) is 1. The minimum Gasteiger partial charge on any atom is -0.354 e. The van der Waals surface area contributed by atoms with Gasteiger partial charge in [0.2, 0.25) is 0 Å². The van der Waals surface area contributed by atoms with Gasteiger partial charge in [-0.05, 0) is 31.3 Å². The average Bonchev–Trinajstić information content (AvgIpc) is 2.62. The molecule has 0 atom stereocenters. The maximum absolute atomic E-state index is 13.0. The fraction of sp³-hybridized carbons (Fsp3) is 0.333. The van der Waals surface area contributed by atoms with Gasteiger partial charge in [0.1, 0.15) is 5.82 Å². The van der Waals surface area contributed by atoms with E-state index in [0.717, 1.165) is 38.1 Å². The van der Waals surface area contributed by atoms with Crippen LogP contribution in [0.3, 0.4) is 0 Å². The van der Waals surface area contributed by atoms with Crippen LogP contribution in [0, 0.1) is 0 Å². The first-order chi connectivity index (χ1) is 12.3. The van der Waals surface area contributed by atoms with Gasteiger partial charge in [-0.15, -0.1) is 0 Å². The highest BCUT2D eigenvalue weighted by Gasteiger charge is 2.33. The summed E-state index contributed by atoms with van der Waals surface area (Å²) in [6.45, 7) is 3.54. The first-order valence-electron chi connectivity index (χ1n) is 8.22. The van der Waals surface area contributed by atoms with Gasteiger partial charge in [0.05, 0.1) is 16.8 Å². The number of anilines is 2. The van der Waals surface area contributed by atoms with Crippen LogP contribution < -0.4 is 10.2 Å². The third kappa shape index (κ3) is 4.13. The van der Waals surface area contributed by atoms with E-state index in [-0.39, 0.29) is 11.3 Å². The third-order valence-corrected chi connectivity index (χ3v) is 4.32. The van der Waals surface area contributed by atoms with Gasteiger partial charge >= 0.3 is 6.18 Å². The summed E-state index contributed by atoms with van der Waals surface area (Å²) in [5.74, 6) is 0.129. The summed E-state index contributed by atoms with van der Waals surface area (Å²) < 4.78 is 39.0. The minimum atomic E-state index is -4.53. The van der Waals surface area contributed by atoms with Crippen LogP contribution in [-0.4, -0.2) is 49.0 Å². The van der Waals surface area contributed by atoms with E-state index in [1.807, 2.05) is 0 Å². The summed E-state index contributed by atoms with van der Waals surface area (Å²) in [5.41, 5.74) is -0.941. The molecular formula is C18H19F3N4O. The summed E-state index contributed by atoms with van der Waals surface area (Å²) in [5, 5.41) is 2.32. The van der Waals surface area contributed by atoms with Crippen LogP contribution in [0.25, 0.3) is 0 Å². The molecule has 0 aliphatic carbocycles. The number of benzene rings is 1. The van der Waals surface area contributed by atoms with Gasteiger partial charge in [-0.1, -0.05) is 12.1 Å². The highest BCUT2D eigenvalue weighted by atomic mass is 19.4. The Labute approximate surface area is 149 Å². The molecule has 0 spiro atoms. The number of piperazine rings is 1. The number of likely N-dealkylation sites (N-methyl/N-ethyl adjacent to an activating group) is 1. The van der Waals surface area contributed by atoms with Crippen LogP contribution in [0.4, 0.5) is 24.7 Å². The Hall–Kier alpha value is -2.61. The number of carbonyl (C=O) groups is 1. The van der Waals surface area contributed by atoms with Crippen molar-refractivity contribution < 1.29 is 18.0 Å². The van der Waals surface area contributed by atoms with Crippen molar-refractivity contribution >= 4 is 17.4 Å². The quantitative estimate of drug-likeness (QED) is 0.909. The van der Waals surface area contributed by atoms with Crippen molar-refractivity contribution in [2.24, 2.45) is 0 Å². The second-order valence-corrected chi connectivity index (χ2v) is 6.19. The normalized spacial score (nSPS) is 15.8. The molecular weight excluding hydrogens is 345 g/mol. The number of hydrogen-bond acceptors (Lipinski definition) is 4. The van der Waals surface area contributed by atoms with Crippen molar-refractivity contribution in [3.8, 4) is 0 Å². The molecule has 1 fully saturated rings. The smallest absolute Gasteiger partial charge is 0.354 e. The standard InChI is InChI=1S/C18H19F3N4O/c1-24-8-10-25(11-9-24)16-7-6-13(12-22-16)17(26)23-15-5-3-2-4-14(15)18(19,20)21/h2-7,12H,8-11H2,1H3,(H,23,26). The Morgan fingerprint density at radius 3 is 2.38 bits per heavy atom. The number of aromatic nitrogens is 1. The predicted molar refractivity (Wildman–Crippen MR) is 93.3 cm³/mol. The molecule has 26 heavy (non-hydrogen) atoms. The molecule has 1 aliphatic rings. The number of pyridine rings is 1. The zero-order valence-corrected chi connectivity index (χ0v) is 14.3. The molecule has 1 N–H and O–H groups in total. The fourth-order valence-corrected chi connectivity index (χ4v) is 2.78. The lowest BCUT2D eigenvalue weighted by Crippen LogP contribution is -2.44. The van der Waals surface area contributed by atoms with Crippen molar-refractivity contribution in [2.45, 2.75) is 6.18 Å². The van der Waals surface area contributed by atoms with E-state index in [4.69, 9.17) is 0 Å². The molecule has 8 heteroatoms. The Balaban J connectivity index is 1.71. The van der Waals surface area contributed by atoms with E-state index < -0.39 is 17.6 Å². The number of halogens is 3. The number of para-hydroxylation sites is 1. The molecule has 1 aromatic heterocycles. The monoisotopic (exact) mass is 364 g/mol. The molecule has 2 aromatic rings. The zero-order chi connectivity index (χ0) is 18.7. The molecule has 1 aliphatic heterocycles. The van der Waals surface area contributed by atoms with Crippen molar-refractivity contribution in [3.63, 3.8) is 0 Å². The molecule has 5 nitrogen and oxygen atoms in total. The van der Waals surface area contributed by atoms with Crippen molar-refractivity contribution in [1.82, 2.24) is 9.88 Å². The lowest BCUT2D eigenvalue weighted by atomic mass is 10.1. The van der Waals surface area contributed by atoms with E-state index in [0.29, 0.717) is 0 Å². The second-order valence-electron chi connectivity index (χ2n) is 6.19. The number of amides is 1. The summed E-state index contributed by atoms with van der Waals surface area (Å²) in [7, 11) is 2.05. The molecule has 3 rings (SSSR count). The third-order valence-electron chi connectivity index (χ3n) is 4.32. The number of carbonyl (C=O) groups excluding carboxylic acids is 1. The first-order valence-corrected chi connectivity index (χ1v) is 8.22. The molecule has 0 saturated carbocycles. The summed E-state index contributed by atoms with van der Waals surface area (Å²) >= 11 is 0. The summed E-state index contributed by atoms with van der Waals surface area (Å²) in [6, 6.07) is 8.18. The highest BCUT2D eigenvalue weighted by molar-refractivity contribution is 6.04. The van der Waals surface area contributed by atoms with E-state index in [1.54, 1.807) is 12.1 Å². The maximum Gasteiger partial charge on any atom is 0.418 e. The Morgan fingerprint density at radius 1 is 1.08 bits per heavy atom. The van der Waals surface area contributed by atoms with Crippen LogP contribution in [-0.2, 0) is 6.18 Å². The molecule has 0 radical (unpaired) electrons. The van der Waals surface area contributed by atoms with Gasteiger partial charge in [-0.2, -0.15) is 13.2 Å². The lowest BCUT2D eigenvalue weighted by molar-refractivity contribution is -0.136. The maximum atomic E-state index is 13.0. The first kappa shape index (κ1) is 18.2. The molecule has 0 unspecified atom stereocenters. The Bertz CT molecular complexity index is 769.